The molecule has 0 bridgehead atoms. The standard InChI is InChI=1S/C12H24N2O.ClH/c1-3-5-10(2)8-12(15)14-9-11-6-4-7-13-11;/h10-11,13H,3-9H2,1-2H3,(H,14,15);1H. The SMILES string of the molecule is CCCC(C)CC(=O)NCC1CCCN1.Cl. The van der Waals surface area contributed by atoms with Gasteiger partial charge in [-0.25, -0.2) is 0 Å². The summed E-state index contributed by atoms with van der Waals surface area (Å²) in [7, 11) is 0. The molecule has 0 radical (unpaired) electrons. The zero-order valence-corrected chi connectivity index (χ0v) is 11.2. The number of amides is 1. The van der Waals surface area contributed by atoms with Gasteiger partial charge in [0.1, 0.15) is 0 Å². The molecule has 1 saturated heterocycles. The van der Waals surface area contributed by atoms with Gasteiger partial charge in [-0.15, -0.1) is 12.4 Å². The van der Waals surface area contributed by atoms with E-state index in [2.05, 4.69) is 24.5 Å². The van der Waals surface area contributed by atoms with Crippen molar-refractivity contribution in [1.29, 1.82) is 0 Å². The molecule has 0 aromatic heterocycles. The monoisotopic (exact) mass is 248 g/mol. The predicted octanol–water partition coefficient (Wildman–Crippen LogP) is 2.10. The Morgan fingerprint density at radius 1 is 1.56 bits per heavy atom. The third-order valence-corrected chi connectivity index (χ3v) is 3.02. The molecule has 0 saturated carbocycles. The average molecular weight is 249 g/mol. The molecule has 0 aromatic carbocycles. The highest BCUT2D eigenvalue weighted by Crippen LogP contribution is 2.09. The number of carbonyl (C=O) groups excluding carboxylic acids is 1. The van der Waals surface area contributed by atoms with Crippen molar-refractivity contribution in [3.8, 4) is 0 Å². The quantitative estimate of drug-likeness (QED) is 0.756. The fourth-order valence-electron chi connectivity index (χ4n) is 2.15. The highest BCUT2D eigenvalue weighted by atomic mass is 35.5. The molecule has 1 aliphatic heterocycles. The number of rotatable bonds is 6. The molecule has 1 rings (SSSR count). The van der Waals surface area contributed by atoms with Crippen LogP contribution in [0.5, 0.6) is 0 Å². The molecule has 3 nitrogen and oxygen atoms in total. The number of carbonyl (C=O) groups is 1. The van der Waals surface area contributed by atoms with Crippen molar-refractivity contribution < 1.29 is 4.79 Å². The zero-order chi connectivity index (χ0) is 11.1. The second-order valence-electron chi connectivity index (χ2n) is 4.70. The van der Waals surface area contributed by atoms with Gasteiger partial charge in [-0.3, -0.25) is 4.79 Å². The molecule has 2 N–H and O–H groups in total. The lowest BCUT2D eigenvalue weighted by Crippen LogP contribution is -2.37. The fourth-order valence-corrected chi connectivity index (χ4v) is 2.15. The van der Waals surface area contributed by atoms with Crippen molar-refractivity contribution in [2.45, 2.75) is 52.0 Å². The van der Waals surface area contributed by atoms with E-state index >= 15 is 0 Å². The van der Waals surface area contributed by atoms with E-state index in [0.29, 0.717) is 18.4 Å². The predicted molar refractivity (Wildman–Crippen MR) is 70.0 cm³/mol. The first-order valence-electron chi connectivity index (χ1n) is 6.22. The van der Waals surface area contributed by atoms with Crippen molar-refractivity contribution in [2.24, 2.45) is 5.92 Å². The summed E-state index contributed by atoms with van der Waals surface area (Å²) in [5.41, 5.74) is 0. The molecule has 0 aliphatic carbocycles. The summed E-state index contributed by atoms with van der Waals surface area (Å²) in [6.07, 6.45) is 5.44. The maximum atomic E-state index is 11.5. The first-order chi connectivity index (χ1) is 7.22. The van der Waals surface area contributed by atoms with E-state index in [-0.39, 0.29) is 18.3 Å². The van der Waals surface area contributed by atoms with Gasteiger partial charge in [0.25, 0.3) is 0 Å². The molecule has 1 aliphatic rings. The van der Waals surface area contributed by atoms with Gasteiger partial charge < -0.3 is 10.6 Å². The molecule has 4 heteroatoms. The van der Waals surface area contributed by atoms with Crippen LogP contribution in [0.2, 0.25) is 0 Å². The minimum Gasteiger partial charge on any atom is -0.355 e. The van der Waals surface area contributed by atoms with E-state index in [0.717, 1.165) is 19.5 Å². The van der Waals surface area contributed by atoms with Crippen LogP contribution in [0.1, 0.15) is 46.0 Å². The van der Waals surface area contributed by atoms with Gasteiger partial charge in [-0.1, -0.05) is 26.7 Å². The molecule has 2 atom stereocenters. The topological polar surface area (TPSA) is 41.1 Å². The van der Waals surface area contributed by atoms with Crippen LogP contribution >= 0.6 is 12.4 Å². The summed E-state index contributed by atoms with van der Waals surface area (Å²) in [5, 5.41) is 6.39. The largest absolute Gasteiger partial charge is 0.355 e. The first kappa shape index (κ1) is 15.7. The maximum absolute atomic E-state index is 11.5. The molecule has 0 aromatic rings. The summed E-state index contributed by atoms with van der Waals surface area (Å²) in [5.74, 6) is 0.733. The minimum absolute atomic E-state index is 0. The second kappa shape index (κ2) is 8.82. The van der Waals surface area contributed by atoms with Gasteiger partial charge in [-0.05, 0) is 25.3 Å². The lowest BCUT2D eigenvalue weighted by atomic mass is 10.0. The molecule has 1 amide bonds. The maximum Gasteiger partial charge on any atom is 0.220 e. The Hall–Kier alpha value is -0.280. The Labute approximate surface area is 105 Å². The molecule has 0 spiro atoms. The van der Waals surface area contributed by atoms with Crippen LogP contribution in [0.15, 0.2) is 0 Å². The van der Waals surface area contributed by atoms with Crippen LogP contribution < -0.4 is 10.6 Å². The fraction of sp³-hybridized carbons (Fsp3) is 0.917. The van der Waals surface area contributed by atoms with Gasteiger partial charge in [0.2, 0.25) is 5.91 Å². The molecule has 16 heavy (non-hydrogen) atoms. The highest BCUT2D eigenvalue weighted by Gasteiger charge is 2.15. The van der Waals surface area contributed by atoms with Gasteiger partial charge in [0.05, 0.1) is 0 Å². The lowest BCUT2D eigenvalue weighted by Gasteiger charge is -2.13. The third-order valence-electron chi connectivity index (χ3n) is 3.02. The summed E-state index contributed by atoms with van der Waals surface area (Å²) < 4.78 is 0. The van der Waals surface area contributed by atoms with Gasteiger partial charge in [0.15, 0.2) is 0 Å². The molecule has 2 unspecified atom stereocenters. The van der Waals surface area contributed by atoms with E-state index in [4.69, 9.17) is 0 Å². The van der Waals surface area contributed by atoms with Gasteiger partial charge in [0, 0.05) is 19.0 Å². The van der Waals surface area contributed by atoms with Crippen LogP contribution in [0.25, 0.3) is 0 Å². The van der Waals surface area contributed by atoms with E-state index in [9.17, 15) is 4.79 Å². The Bertz CT molecular complexity index is 193. The van der Waals surface area contributed by atoms with Gasteiger partial charge >= 0.3 is 0 Å². The van der Waals surface area contributed by atoms with Crippen LogP contribution in [0.4, 0.5) is 0 Å². The molecule has 1 heterocycles. The molecule has 96 valence electrons. The summed E-state index contributed by atoms with van der Waals surface area (Å²) in [6, 6.07) is 0.510. The highest BCUT2D eigenvalue weighted by molar-refractivity contribution is 5.85. The normalized spacial score (nSPS) is 21.2. The number of nitrogens with one attached hydrogen (secondary N) is 2. The smallest absolute Gasteiger partial charge is 0.220 e. The van der Waals surface area contributed by atoms with Crippen LogP contribution in [-0.2, 0) is 4.79 Å². The third kappa shape index (κ3) is 6.33. The van der Waals surface area contributed by atoms with E-state index < -0.39 is 0 Å². The van der Waals surface area contributed by atoms with Crippen molar-refractivity contribution in [2.75, 3.05) is 13.1 Å². The Morgan fingerprint density at radius 3 is 2.88 bits per heavy atom. The molecular formula is C12H25ClN2O. The Kier molecular flexibility index (Phi) is 8.67. The summed E-state index contributed by atoms with van der Waals surface area (Å²) in [6.45, 7) is 6.22. The van der Waals surface area contributed by atoms with Crippen LogP contribution in [0.3, 0.4) is 0 Å². The summed E-state index contributed by atoms with van der Waals surface area (Å²) in [4.78, 5) is 11.5. The Morgan fingerprint density at radius 2 is 2.31 bits per heavy atom. The number of hydrogen-bond donors (Lipinski definition) is 2. The van der Waals surface area contributed by atoms with E-state index in [1.165, 1.54) is 19.3 Å². The van der Waals surface area contributed by atoms with Crippen molar-refractivity contribution in [3.63, 3.8) is 0 Å². The van der Waals surface area contributed by atoms with Crippen molar-refractivity contribution in [1.82, 2.24) is 10.6 Å². The van der Waals surface area contributed by atoms with E-state index in [1.807, 2.05) is 0 Å². The minimum atomic E-state index is 0. The van der Waals surface area contributed by atoms with Crippen LogP contribution in [0, 0.1) is 5.92 Å². The second-order valence-corrected chi connectivity index (χ2v) is 4.70. The van der Waals surface area contributed by atoms with Gasteiger partial charge in [-0.2, -0.15) is 0 Å². The van der Waals surface area contributed by atoms with Crippen LogP contribution in [-0.4, -0.2) is 25.0 Å². The van der Waals surface area contributed by atoms with E-state index in [1.54, 1.807) is 0 Å². The molecule has 1 fully saturated rings. The van der Waals surface area contributed by atoms with Crippen molar-refractivity contribution >= 4 is 18.3 Å². The average Bonchev–Trinajstić information content (AvgIpc) is 2.67. The number of halogens is 1. The van der Waals surface area contributed by atoms with Crippen molar-refractivity contribution in [3.05, 3.63) is 0 Å². The zero-order valence-electron chi connectivity index (χ0n) is 10.4. The lowest BCUT2D eigenvalue weighted by molar-refractivity contribution is -0.122. The Balaban J connectivity index is 0.00000225. The molecular weight excluding hydrogens is 224 g/mol. The summed E-state index contributed by atoms with van der Waals surface area (Å²) >= 11 is 0. The first-order valence-corrected chi connectivity index (χ1v) is 6.22. The number of hydrogen-bond acceptors (Lipinski definition) is 2.